The lowest BCUT2D eigenvalue weighted by Gasteiger charge is -2.24. The van der Waals surface area contributed by atoms with Gasteiger partial charge in [0.2, 0.25) is 0 Å². The molecule has 3 heterocycles. The van der Waals surface area contributed by atoms with E-state index in [9.17, 15) is 0 Å². The molecule has 2 aliphatic rings. The first kappa shape index (κ1) is 26.1. The molecule has 7 aromatic carbocycles. The Kier molecular flexibility index (Phi) is 5.29. The van der Waals surface area contributed by atoms with Gasteiger partial charge in [-0.1, -0.05) is 121 Å². The Labute approximate surface area is 279 Å². The maximum atomic E-state index is 6.79. The number of fused-ring (bicyclic) bond motifs is 10. The van der Waals surface area contributed by atoms with Crippen LogP contribution >= 0.6 is 11.3 Å². The molecule has 0 fully saturated rings. The molecule has 9 aromatic rings. The molecule has 0 radical (unpaired) electrons. The van der Waals surface area contributed by atoms with E-state index >= 15 is 0 Å². The maximum absolute atomic E-state index is 6.79. The minimum atomic E-state index is -0.325. The van der Waals surface area contributed by atoms with Gasteiger partial charge in [-0.3, -0.25) is 0 Å². The first-order valence-electron chi connectivity index (χ1n) is 16.2. The molecule has 4 nitrogen and oxygen atoms in total. The van der Waals surface area contributed by atoms with Crippen molar-refractivity contribution >= 4 is 75.9 Å². The van der Waals surface area contributed by atoms with E-state index in [1.54, 1.807) is 0 Å². The van der Waals surface area contributed by atoms with Gasteiger partial charge in [0.1, 0.15) is 23.2 Å². The van der Waals surface area contributed by atoms with E-state index in [1.165, 1.54) is 53.2 Å². The van der Waals surface area contributed by atoms with Crippen LogP contribution in [-0.2, 0) is 0 Å². The lowest BCUT2D eigenvalue weighted by atomic mass is 9.98. The number of hydrogen-bond donors (Lipinski definition) is 1. The molecular formula is C43H25N3OS. The summed E-state index contributed by atoms with van der Waals surface area (Å²) in [5.74, 6) is 1.49. The van der Waals surface area contributed by atoms with E-state index in [-0.39, 0.29) is 6.17 Å². The van der Waals surface area contributed by atoms with Gasteiger partial charge in [-0.05, 0) is 45.7 Å². The summed E-state index contributed by atoms with van der Waals surface area (Å²) in [4.78, 5) is 10.5. The standard InChI is InChI=1S/C43H25N3OS/c1-2-10-25(11-3-1)41-44-42(46-43(45-41)33-19-8-16-29-26-14-4-5-21-35(26)48-40(29)33)32-18-9-20-34-37(32)31-23-22-28-27-15-6-12-24-13-7-17-30(36(24)27)38(28)39(31)47-34/h1-23,43H,(H,44,45,46). The van der Waals surface area contributed by atoms with Crippen LogP contribution in [0.4, 0.5) is 0 Å². The Morgan fingerprint density at radius 2 is 1.35 bits per heavy atom. The van der Waals surface area contributed by atoms with Crippen molar-refractivity contribution in [3.05, 3.63) is 156 Å². The molecule has 0 bridgehead atoms. The third-order valence-corrected chi connectivity index (χ3v) is 11.1. The molecular weight excluding hydrogens is 607 g/mol. The lowest BCUT2D eigenvalue weighted by Crippen LogP contribution is -2.33. The van der Waals surface area contributed by atoms with Crippen LogP contribution in [0.2, 0.25) is 0 Å². The van der Waals surface area contributed by atoms with Crippen LogP contribution in [0.5, 0.6) is 0 Å². The number of amidine groups is 2. The predicted octanol–water partition coefficient (Wildman–Crippen LogP) is 11.2. The van der Waals surface area contributed by atoms with Crippen molar-refractivity contribution < 1.29 is 4.42 Å². The molecule has 224 valence electrons. The van der Waals surface area contributed by atoms with Gasteiger partial charge in [-0.15, -0.1) is 11.3 Å². The van der Waals surface area contributed by atoms with Gasteiger partial charge < -0.3 is 9.73 Å². The average molecular weight is 632 g/mol. The zero-order chi connectivity index (χ0) is 31.3. The fourth-order valence-corrected chi connectivity index (χ4v) is 9.04. The smallest absolute Gasteiger partial charge is 0.159 e. The van der Waals surface area contributed by atoms with E-state index in [0.29, 0.717) is 5.84 Å². The number of thiophene rings is 1. The zero-order valence-corrected chi connectivity index (χ0v) is 26.4. The average Bonchev–Trinajstić information content (AvgIpc) is 3.83. The molecule has 1 unspecified atom stereocenters. The van der Waals surface area contributed by atoms with E-state index in [1.807, 2.05) is 29.5 Å². The zero-order valence-electron chi connectivity index (χ0n) is 25.6. The van der Waals surface area contributed by atoms with Crippen molar-refractivity contribution in [2.45, 2.75) is 6.17 Å². The first-order chi connectivity index (χ1) is 23.8. The third kappa shape index (κ3) is 3.59. The van der Waals surface area contributed by atoms with E-state index < -0.39 is 0 Å². The largest absolute Gasteiger partial charge is 0.455 e. The highest BCUT2D eigenvalue weighted by Crippen LogP contribution is 2.51. The highest BCUT2D eigenvalue weighted by atomic mass is 32.1. The lowest BCUT2D eigenvalue weighted by molar-refractivity contribution is 0.669. The second-order valence-corrected chi connectivity index (χ2v) is 13.6. The Bertz CT molecular complexity index is 2870. The van der Waals surface area contributed by atoms with Crippen LogP contribution in [0.25, 0.3) is 75.1 Å². The second kappa shape index (κ2) is 9.74. The predicted molar refractivity (Wildman–Crippen MR) is 200 cm³/mol. The molecule has 1 N–H and O–H groups in total. The molecule has 0 saturated carbocycles. The summed E-state index contributed by atoms with van der Waals surface area (Å²) in [5.41, 5.74) is 9.76. The normalized spacial score (nSPS) is 15.3. The summed E-state index contributed by atoms with van der Waals surface area (Å²) in [6.45, 7) is 0. The van der Waals surface area contributed by atoms with Gasteiger partial charge in [-0.25, -0.2) is 9.98 Å². The van der Waals surface area contributed by atoms with Crippen LogP contribution < -0.4 is 5.32 Å². The number of nitrogens with one attached hydrogen (secondary N) is 1. The number of furan rings is 1. The van der Waals surface area contributed by atoms with Gasteiger partial charge in [0.05, 0.1) is 0 Å². The molecule has 1 aliphatic heterocycles. The number of aliphatic imine (C=N–C) groups is 2. The number of nitrogens with zero attached hydrogens (tertiary/aromatic N) is 2. The summed E-state index contributed by atoms with van der Waals surface area (Å²) < 4.78 is 9.31. The van der Waals surface area contributed by atoms with E-state index in [4.69, 9.17) is 14.4 Å². The van der Waals surface area contributed by atoms with Crippen LogP contribution in [0, 0.1) is 0 Å². The van der Waals surface area contributed by atoms with Crippen molar-refractivity contribution in [3.8, 4) is 22.3 Å². The van der Waals surface area contributed by atoms with Gasteiger partial charge >= 0.3 is 0 Å². The summed E-state index contributed by atoms with van der Waals surface area (Å²) in [6.07, 6.45) is -0.325. The SMILES string of the molecule is c1ccc(C2=NC(c3cccc4c3sc3ccccc34)NC(c3cccc4oc5c6c(ccc5c34)-c3cccc4cccc-6c34)=N2)cc1. The maximum Gasteiger partial charge on any atom is 0.159 e. The van der Waals surface area contributed by atoms with Crippen molar-refractivity contribution in [1.82, 2.24) is 5.32 Å². The fourth-order valence-electron chi connectivity index (χ4n) is 7.80. The molecule has 1 aliphatic carbocycles. The summed E-state index contributed by atoms with van der Waals surface area (Å²) >= 11 is 1.82. The molecule has 0 saturated heterocycles. The van der Waals surface area contributed by atoms with Crippen LogP contribution in [-0.4, -0.2) is 11.7 Å². The van der Waals surface area contributed by atoms with Crippen LogP contribution in [0.3, 0.4) is 0 Å². The first-order valence-corrected chi connectivity index (χ1v) is 17.0. The van der Waals surface area contributed by atoms with Crippen molar-refractivity contribution in [2.24, 2.45) is 9.98 Å². The minimum absolute atomic E-state index is 0.325. The number of benzene rings is 7. The Hall–Kier alpha value is -6.04. The van der Waals surface area contributed by atoms with E-state index in [0.717, 1.165) is 44.5 Å². The van der Waals surface area contributed by atoms with Crippen molar-refractivity contribution in [1.29, 1.82) is 0 Å². The van der Waals surface area contributed by atoms with Crippen molar-refractivity contribution in [2.75, 3.05) is 0 Å². The van der Waals surface area contributed by atoms with Gasteiger partial charge in [0.15, 0.2) is 5.84 Å². The summed E-state index contributed by atoms with van der Waals surface area (Å²) in [6, 6.07) is 49.3. The number of hydrogen-bond acceptors (Lipinski definition) is 5. The number of rotatable bonds is 3. The van der Waals surface area contributed by atoms with Gasteiger partial charge in [0, 0.05) is 53.2 Å². The molecule has 0 spiro atoms. The molecule has 11 rings (SSSR count). The molecule has 2 aromatic heterocycles. The highest BCUT2D eigenvalue weighted by molar-refractivity contribution is 7.26. The Morgan fingerprint density at radius 1 is 0.583 bits per heavy atom. The molecule has 48 heavy (non-hydrogen) atoms. The third-order valence-electron chi connectivity index (χ3n) is 9.89. The summed E-state index contributed by atoms with van der Waals surface area (Å²) in [7, 11) is 0. The Balaban J connectivity index is 1.13. The topological polar surface area (TPSA) is 49.9 Å². The Morgan fingerprint density at radius 3 is 2.27 bits per heavy atom. The van der Waals surface area contributed by atoms with Crippen LogP contribution in [0.1, 0.15) is 22.9 Å². The molecule has 5 heteroatoms. The highest BCUT2D eigenvalue weighted by Gasteiger charge is 2.29. The molecule has 0 amide bonds. The monoisotopic (exact) mass is 631 g/mol. The van der Waals surface area contributed by atoms with Crippen molar-refractivity contribution in [3.63, 3.8) is 0 Å². The fraction of sp³-hybridized carbons (Fsp3) is 0.0233. The van der Waals surface area contributed by atoms with Gasteiger partial charge in [-0.2, -0.15) is 0 Å². The van der Waals surface area contributed by atoms with Gasteiger partial charge in [0.25, 0.3) is 0 Å². The quantitative estimate of drug-likeness (QED) is 0.211. The second-order valence-electron chi connectivity index (χ2n) is 12.5. The van der Waals surface area contributed by atoms with Crippen LogP contribution in [0.15, 0.2) is 154 Å². The molecule has 1 atom stereocenters. The minimum Gasteiger partial charge on any atom is -0.455 e. The van der Waals surface area contributed by atoms with E-state index in [2.05, 4.69) is 127 Å². The summed E-state index contributed by atoms with van der Waals surface area (Å²) in [5, 5.41) is 11.0.